The highest BCUT2D eigenvalue weighted by atomic mass is 32.2. The number of halogens is 1. The maximum absolute atomic E-state index is 14.1. The molecule has 0 bridgehead atoms. The number of carbonyl (C=O) groups excluding carboxylic acids is 1. The van der Waals surface area contributed by atoms with Crippen LogP contribution in [-0.4, -0.2) is 38.4 Å². The molecular weight excluding hydrogens is 499 g/mol. The molecule has 1 fully saturated rings. The number of allylic oxidation sites excluding steroid dienone is 2. The number of aliphatic imine (C=N–C) groups is 1. The third-order valence-corrected chi connectivity index (χ3v) is 8.79. The van der Waals surface area contributed by atoms with Crippen LogP contribution in [0.3, 0.4) is 0 Å². The van der Waals surface area contributed by atoms with E-state index in [0.717, 1.165) is 16.7 Å². The van der Waals surface area contributed by atoms with E-state index in [0.29, 0.717) is 46.9 Å². The Morgan fingerprint density at radius 2 is 1.95 bits per heavy atom. The summed E-state index contributed by atoms with van der Waals surface area (Å²) in [6, 6.07) is 17.0. The van der Waals surface area contributed by atoms with Gasteiger partial charge in [0.15, 0.2) is 10.7 Å². The van der Waals surface area contributed by atoms with E-state index in [1.165, 1.54) is 18.3 Å². The highest BCUT2D eigenvalue weighted by Crippen LogP contribution is 2.47. The van der Waals surface area contributed by atoms with Gasteiger partial charge in [-0.3, -0.25) is 9.78 Å². The number of aryl methyl sites for hydroxylation is 2. The van der Waals surface area contributed by atoms with E-state index < -0.39 is 16.8 Å². The summed E-state index contributed by atoms with van der Waals surface area (Å²) in [5.41, 5.74) is 10.5. The van der Waals surface area contributed by atoms with E-state index in [1.807, 2.05) is 42.4 Å². The molecule has 8 heteroatoms. The number of rotatable bonds is 5. The molecule has 0 spiro atoms. The zero-order valence-electron chi connectivity index (χ0n) is 21.4. The minimum absolute atomic E-state index is 0.133. The number of Topliss-reactive ketones (excluding diaryl/α,β-unsaturated/α-hetero) is 1. The van der Waals surface area contributed by atoms with Crippen molar-refractivity contribution in [2.75, 3.05) is 13.1 Å². The average molecular weight is 529 g/mol. The minimum Gasteiger partial charge on any atom is -0.593 e. The van der Waals surface area contributed by atoms with E-state index in [9.17, 15) is 13.7 Å². The fourth-order valence-electron chi connectivity index (χ4n) is 5.08. The highest BCUT2D eigenvalue weighted by molar-refractivity contribution is 7.89. The van der Waals surface area contributed by atoms with Gasteiger partial charge in [-0.25, -0.2) is 9.38 Å². The number of nitrogens with zero attached hydrogens (tertiary/aromatic N) is 3. The monoisotopic (exact) mass is 528 g/mol. The lowest BCUT2D eigenvalue weighted by Gasteiger charge is -2.45. The number of nitrogens with two attached hydrogens (primary N) is 1. The Morgan fingerprint density at radius 3 is 2.63 bits per heavy atom. The third kappa shape index (κ3) is 4.95. The molecule has 2 N–H and O–H groups in total. The quantitative estimate of drug-likeness (QED) is 0.354. The molecule has 0 saturated carbocycles. The Morgan fingerprint density at radius 1 is 1.16 bits per heavy atom. The molecule has 6 nitrogen and oxygen atoms in total. The summed E-state index contributed by atoms with van der Waals surface area (Å²) in [5, 5.41) is 0. The molecule has 0 radical (unpaired) electrons. The molecule has 2 aromatic carbocycles. The molecule has 2 heterocycles. The first-order valence-corrected chi connectivity index (χ1v) is 13.6. The first kappa shape index (κ1) is 26.0. The summed E-state index contributed by atoms with van der Waals surface area (Å²) in [6.07, 6.45) is 5.83. The van der Waals surface area contributed by atoms with Gasteiger partial charge in [0, 0.05) is 12.7 Å². The fraction of sp³-hybridized carbons (Fsp3) is 0.233. The van der Waals surface area contributed by atoms with Crippen molar-refractivity contribution >= 4 is 28.5 Å². The van der Waals surface area contributed by atoms with Gasteiger partial charge in [-0.15, -0.1) is 4.31 Å². The number of pyridine rings is 1. The van der Waals surface area contributed by atoms with Crippen LogP contribution >= 0.6 is 0 Å². The molecule has 2 unspecified atom stereocenters. The van der Waals surface area contributed by atoms with E-state index in [4.69, 9.17) is 10.7 Å². The number of aromatic nitrogens is 1. The molecular formula is C30H29FN4O2S. The lowest BCUT2D eigenvalue weighted by atomic mass is 9.64. The summed E-state index contributed by atoms with van der Waals surface area (Å²) in [4.78, 5) is 23.9. The first-order chi connectivity index (χ1) is 18.3. The molecule has 1 aromatic heterocycles. The fourth-order valence-corrected chi connectivity index (χ4v) is 6.43. The van der Waals surface area contributed by atoms with Crippen molar-refractivity contribution in [3.63, 3.8) is 0 Å². The van der Waals surface area contributed by atoms with Crippen molar-refractivity contribution < 1.29 is 13.7 Å². The van der Waals surface area contributed by atoms with Gasteiger partial charge in [-0.2, -0.15) is 0 Å². The molecule has 5 rings (SSSR count). The predicted octanol–water partition coefficient (Wildman–Crippen LogP) is 5.38. The average Bonchev–Trinajstić information content (AvgIpc) is 2.94. The number of benzene rings is 2. The second-order valence-corrected chi connectivity index (χ2v) is 11.2. The van der Waals surface area contributed by atoms with Gasteiger partial charge in [-0.05, 0) is 104 Å². The van der Waals surface area contributed by atoms with Crippen molar-refractivity contribution in [3.8, 4) is 0 Å². The van der Waals surface area contributed by atoms with Crippen LogP contribution < -0.4 is 5.73 Å². The molecule has 2 atom stereocenters. The lowest BCUT2D eigenvalue weighted by molar-refractivity contribution is 0.0770. The van der Waals surface area contributed by atoms with Crippen molar-refractivity contribution in [3.05, 3.63) is 113 Å². The van der Waals surface area contributed by atoms with E-state index in [2.05, 4.69) is 4.98 Å². The summed E-state index contributed by atoms with van der Waals surface area (Å²) >= 11 is -1.44. The molecule has 2 aliphatic rings. The number of hydrogen-bond acceptors (Lipinski definition) is 6. The second kappa shape index (κ2) is 10.6. The SMILES string of the molecule is Cc1ccc([S+]([O-])N2CCC3=CC(=Nc4ccc(F)cc4)C(=CN)CC3(C(=O)c3ccccn3)C2)cc1C. The number of piperidine rings is 1. The largest absolute Gasteiger partial charge is 0.593 e. The minimum atomic E-state index is -1.44. The zero-order chi connectivity index (χ0) is 26.9. The smallest absolute Gasteiger partial charge is 0.193 e. The molecule has 1 aliphatic heterocycles. The number of hydrogen-bond donors (Lipinski definition) is 1. The Hall–Kier alpha value is -3.59. The maximum atomic E-state index is 14.1. The van der Waals surface area contributed by atoms with Crippen molar-refractivity contribution in [2.24, 2.45) is 16.1 Å². The van der Waals surface area contributed by atoms with Crippen molar-refractivity contribution in [2.45, 2.75) is 31.6 Å². The van der Waals surface area contributed by atoms with Gasteiger partial charge >= 0.3 is 0 Å². The van der Waals surface area contributed by atoms with Crippen molar-refractivity contribution in [1.29, 1.82) is 0 Å². The Bertz CT molecular complexity index is 1450. The van der Waals surface area contributed by atoms with Crippen LogP contribution in [0, 0.1) is 25.1 Å². The first-order valence-electron chi connectivity index (χ1n) is 12.5. The third-order valence-electron chi connectivity index (χ3n) is 7.35. The Labute approximate surface area is 225 Å². The molecule has 38 heavy (non-hydrogen) atoms. The Balaban J connectivity index is 1.57. The summed E-state index contributed by atoms with van der Waals surface area (Å²) in [5.74, 6) is -0.471. The van der Waals surface area contributed by atoms with Crippen LogP contribution in [0.2, 0.25) is 0 Å². The number of carbonyl (C=O) groups is 1. The second-order valence-electron chi connectivity index (χ2n) is 9.75. The Kier molecular flexibility index (Phi) is 7.29. The molecule has 1 aliphatic carbocycles. The zero-order valence-corrected chi connectivity index (χ0v) is 22.2. The summed E-state index contributed by atoms with van der Waals surface area (Å²) in [6.45, 7) is 4.80. The van der Waals surface area contributed by atoms with Crippen LogP contribution in [-0.2, 0) is 11.4 Å². The van der Waals surface area contributed by atoms with Crippen LogP contribution in [0.15, 0.2) is 100 Å². The standard InChI is InChI=1S/C30H29FN4O2S/c1-20-6-11-26(15-21(20)2)38(37)35-14-12-23-16-28(34-25-9-7-24(31)8-10-25)22(18-32)17-30(23,19-35)29(36)27-5-3-4-13-33-27/h3-11,13,15-16,18H,12,14,17,19,32H2,1-2H3. The summed E-state index contributed by atoms with van der Waals surface area (Å²) in [7, 11) is 0. The normalized spacial score (nSPS) is 22.7. The molecule has 1 saturated heterocycles. The van der Waals surface area contributed by atoms with E-state index in [1.54, 1.807) is 36.5 Å². The topological polar surface area (TPSA) is 94.6 Å². The van der Waals surface area contributed by atoms with Gasteiger partial charge in [0.25, 0.3) is 0 Å². The number of ketones is 1. The molecule has 3 aromatic rings. The van der Waals surface area contributed by atoms with Gasteiger partial charge in [0.05, 0.1) is 34.7 Å². The van der Waals surface area contributed by atoms with Gasteiger partial charge in [-0.1, -0.05) is 17.7 Å². The molecule has 194 valence electrons. The summed E-state index contributed by atoms with van der Waals surface area (Å²) < 4.78 is 29.0. The van der Waals surface area contributed by atoms with Crippen LogP contribution in [0.25, 0.3) is 0 Å². The van der Waals surface area contributed by atoms with Crippen LogP contribution in [0.4, 0.5) is 10.1 Å². The van der Waals surface area contributed by atoms with Gasteiger partial charge in [0.1, 0.15) is 11.5 Å². The maximum Gasteiger partial charge on any atom is 0.193 e. The van der Waals surface area contributed by atoms with E-state index in [-0.39, 0.29) is 18.1 Å². The number of fused-ring (bicyclic) bond motifs is 1. The predicted molar refractivity (Wildman–Crippen MR) is 148 cm³/mol. The van der Waals surface area contributed by atoms with Gasteiger partial charge in [0.2, 0.25) is 0 Å². The van der Waals surface area contributed by atoms with Crippen molar-refractivity contribution in [1.82, 2.24) is 9.29 Å². The van der Waals surface area contributed by atoms with Crippen LogP contribution in [0.5, 0.6) is 0 Å². The van der Waals surface area contributed by atoms with Gasteiger partial charge < -0.3 is 10.3 Å². The lowest BCUT2D eigenvalue weighted by Crippen LogP contribution is -2.53. The highest BCUT2D eigenvalue weighted by Gasteiger charge is 2.52. The van der Waals surface area contributed by atoms with Crippen LogP contribution in [0.1, 0.15) is 34.5 Å². The molecule has 0 amide bonds. The van der Waals surface area contributed by atoms with E-state index >= 15 is 0 Å².